The van der Waals surface area contributed by atoms with E-state index in [1.54, 1.807) is 12.4 Å². The molecule has 6 heteroatoms. The average molecular weight is 309 g/mol. The van der Waals surface area contributed by atoms with Crippen molar-refractivity contribution < 1.29 is 4.73 Å². The van der Waals surface area contributed by atoms with Gasteiger partial charge in [0.1, 0.15) is 0 Å². The monoisotopic (exact) mass is 309 g/mol. The Morgan fingerprint density at radius 2 is 1.41 bits per heavy atom. The molecular weight excluding hydrogens is 278 g/mol. The van der Waals surface area contributed by atoms with Gasteiger partial charge in [0.05, 0.1) is 6.20 Å². The molecule has 0 aliphatic rings. The van der Waals surface area contributed by atoms with E-state index in [0.29, 0.717) is 0 Å². The molecule has 1 rings (SSSR count). The third-order valence-corrected chi connectivity index (χ3v) is 4.15. The fourth-order valence-corrected chi connectivity index (χ4v) is 2.47. The number of nitrogens with zero attached hydrogens (tertiary/aromatic N) is 5. The highest BCUT2D eigenvalue weighted by atomic mass is 16.5. The summed E-state index contributed by atoms with van der Waals surface area (Å²) in [6.45, 7) is 16.6. The number of rotatable bonds is 11. The van der Waals surface area contributed by atoms with E-state index in [1.807, 2.05) is 0 Å². The molecule has 0 amide bonds. The quantitative estimate of drug-likeness (QED) is 0.454. The first-order chi connectivity index (χ1) is 10.6. The Balaban J connectivity index is 2.71. The van der Waals surface area contributed by atoms with Crippen LogP contribution in [0.5, 0.6) is 0 Å². The molecule has 0 aromatic carbocycles. The van der Waals surface area contributed by atoms with Crippen molar-refractivity contribution in [1.29, 1.82) is 0 Å². The fourth-order valence-electron chi connectivity index (χ4n) is 2.47. The summed E-state index contributed by atoms with van der Waals surface area (Å²) in [5.74, 6) is 0.761. The summed E-state index contributed by atoms with van der Waals surface area (Å²) in [5, 5.41) is 11.5. The predicted octanol–water partition coefficient (Wildman–Crippen LogP) is 1.21. The molecule has 0 unspecified atom stereocenters. The summed E-state index contributed by atoms with van der Waals surface area (Å²) in [5.41, 5.74) is 0. The van der Waals surface area contributed by atoms with E-state index in [2.05, 4.69) is 47.4 Å². The standard InChI is InChI=1S/C16H31N5O/c1-5-18(6-2)11-13-20(14-12-19(7-3)8-4)16-15-21(22)10-9-17-16/h9-10,15H,5-8,11-14H2,1-4H3. The Hall–Kier alpha value is -1.40. The highest BCUT2D eigenvalue weighted by molar-refractivity contribution is 5.33. The van der Waals surface area contributed by atoms with Crippen LogP contribution in [0.1, 0.15) is 27.7 Å². The molecule has 0 radical (unpaired) electrons. The first-order valence-electron chi connectivity index (χ1n) is 8.38. The van der Waals surface area contributed by atoms with Crippen LogP contribution in [0.25, 0.3) is 0 Å². The van der Waals surface area contributed by atoms with Crippen molar-refractivity contribution in [2.75, 3.05) is 57.3 Å². The molecule has 0 saturated heterocycles. The molecule has 1 heterocycles. The molecule has 1 aromatic heterocycles. The molecule has 0 aliphatic heterocycles. The number of hydrogen-bond acceptors (Lipinski definition) is 5. The third kappa shape index (κ3) is 6.15. The summed E-state index contributed by atoms with van der Waals surface area (Å²) in [4.78, 5) is 11.4. The molecule has 126 valence electrons. The number of anilines is 1. The lowest BCUT2D eigenvalue weighted by atomic mass is 10.3. The van der Waals surface area contributed by atoms with Gasteiger partial charge in [0, 0.05) is 26.2 Å². The van der Waals surface area contributed by atoms with Gasteiger partial charge in [-0.1, -0.05) is 27.7 Å². The largest absolute Gasteiger partial charge is 0.619 e. The van der Waals surface area contributed by atoms with Crippen molar-refractivity contribution in [3.05, 3.63) is 23.8 Å². The lowest BCUT2D eigenvalue weighted by Crippen LogP contribution is -2.41. The zero-order valence-electron chi connectivity index (χ0n) is 14.5. The molecule has 0 saturated carbocycles. The summed E-state index contributed by atoms with van der Waals surface area (Å²) in [6.07, 6.45) is 4.56. The average Bonchev–Trinajstić information content (AvgIpc) is 2.54. The fraction of sp³-hybridized carbons (Fsp3) is 0.750. The van der Waals surface area contributed by atoms with Crippen LogP contribution in [0.4, 0.5) is 5.82 Å². The van der Waals surface area contributed by atoms with Crippen molar-refractivity contribution >= 4 is 5.82 Å². The number of likely N-dealkylation sites (N-methyl/N-ethyl adjacent to an activating group) is 2. The van der Waals surface area contributed by atoms with Crippen LogP contribution >= 0.6 is 0 Å². The zero-order chi connectivity index (χ0) is 16.4. The van der Waals surface area contributed by atoms with Gasteiger partial charge in [-0.15, -0.1) is 0 Å². The van der Waals surface area contributed by atoms with Gasteiger partial charge in [-0.2, -0.15) is 4.73 Å². The van der Waals surface area contributed by atoms with Crippen LogP contribution in [-0.2, 0) is 0 Å². The van der Waals surface area contributed by atoms with E-state index in [9.17, 15) is 5.21 Å². The first kappa shape index (κ1) is 18.6. The Bertz CT molecular complexity index is 391. The van der Waals surface area contributed by atoms with Crippen molar-refractivity contribution in [2.45, 2.75) is 27.7 Å². The van der Waals surface area contributed by atoms with Crippen LogP contribution in [0.2, 0.25) is 0 Å². The Labute approximate surface area is 134 Å². The SMILES string of the molecule is CCN(CC)CCN(CCN(CC)CC)c1c[n+]([O-])ccn1. The Kier molecular flexibility index (Phi) is 8.77. The second-order valence-corrected chi connectivity index (χ2v) is 5.32. The van der Waals surface area contributed by atoms with E-state index < -0.39 is 0 Å². The molecule has 0 atom stereocenters. The van der Waals surface area contributed by atoms with Gasteiger partial charge in [0.15, 0.2) is 12.0 Å². The summed E-state index contributed by atoms with van der Waals surface area (Å²) in [7, 11) is 0. The highest BCUT2D eigenvalue weighted by Gasteiger charge is 2.13. The number of hydrogen-bond donors (Lipinski definition) is 0. The molecule has 1 aromatic rings. The second-order valence-electron chi connectivity index (χ2n) is 5.32. The minimum absolute atomic E-state index is 0.761. The lowest BCUT2D eigenvalue weighted by Gasteiger charge is -2.28. The smallest absolute Gasteiger partial charge is 0.223 e. The van der Waals surface area contributed by atoms with Crippen LogP contribution in [0, 0.1) is 5.21 Å². The molecule has 6 nitrogen and oxygen atoms in total. The predicted molar refractivity (Wildman–Crippen MR) is 91.0 cm³/mol. The van der Waals surface area contributed by atoms with Gasteiger partial charge < -0.3 is 19.9 Å². The zero-order valence-corrected chi connectivity index (χ0v) is 14.5. The Morgan fingerprint density at radius 1 is 0.909 bits per heavy atom. The first-order valence-corrected chi connectivity index (χ1v) is 8.38. The van der Waals surface area contributed by atoms with Crippen LogP contribution in [0.3, 0.4) is 0 Å². The maximum absolute atomic E-state index is 11.5. The molecule has 22 heavy (non-hydrogen) atoms. The van der Waals surface area contributed by atoms with Crippen molar-refractivity contribution in [3.8, 4) is 0 Å². The van der Waals surface area contributed by atoms with Gasteiger partial charge in [-0.25, -0.2) is 4.98 Å². The topological polar surface area (TPSA) is 49.5 Å². The molecule has 0 spiro atoms. The van der Waals surface area contributed by atoms with Crippen molar-refractivity contribution in [3.63, 3.8) is 0 Å². The maximum atomic E-state index is 11.5. The maximum Gasteiger partial charge on any atom is 0.223 e. The van der Waals surface area contributed by atoms with Gasteiger partial charge >= 0.3 is 0 Å². The van der Waals surface area contributed by atoms with Crippen molar-refractivity contribution in [2.24, 2.45) is 0 Å². The normalized spacial score (nSPS) is 11.4. The summed E-state index contributed by atoms with van der Waals surface area (Å²) in [6, 6.07) is 0. The van der Waals surface area contributed by atoms with Crippen LogP contribution in [-0.4, -0.2) is 67.1 Å². The molecule has 0 aliphatic carbocycles. The molecule has 0 N–H and O–H groups in total. The summed E-state index contributed by atoms with van der Waals surface area (Å²) < 4.78 is 0.824. The van der Waals surface area contributed by atoms with Gasteiger partial charge in [0.25, 0.3) is 0 Å². The van der Waals surface area contributed by atoms with Crippen molar-refractivity contribution in [1.82, 2.24) is 14.8 Å². The van der Waals surface area contributed by atoms with E-state index in [0.717, 1.165) is 62.9 Å². The van der Waals surface area contributed by atoms with E-state index in [4.69, 9.17) is 0 Å². The molecule has 0 fully saturated rings. The lowest BCUT2D eigenvalue weighted by molar-refractivity contribution is -0.605. The van der Waals surface area contributed by atoms with Gasteiger partial charge in [-0.3, -0.25) is 0 Å². The third-order valence-electron chi connectivity index (χ3n) is 4.15. The Morgan fingerprint density at radius 3 is 1.82 bits per heavy atom. The minimum atomic E-state index is 0.761. The van der Waals surface area contributed by atoms with E-state index in [-0.39, 0.29) is 0 Å². The van der Waals surface area contributed by atoms with Crippen LogP contribution in [0.15, 0.2) is 18.6 Å². The molecular formula is C16H31N5O. The van der Waals surface area contributed by atoms with Gasteiger partial charge in [0.2, 0.25) is 6.20 Å². The van der Waals surface area contributed by atoms with E-state index >= 15 is 0 Å². The summed E-state index contributed by atoms with van der Waals surface area (Å²) >= 11 is 0. The second kappa shape index (κ2) is 10.3. The van der Waals surface area contributed by atoms with E-state index in [1.165, 1.54) is 6.20 Å². The highest BCUT2D eigenvalue weighted by Crippen LogP contribution is 2.07. The number of aromatic nitrogens is 2. The van der Waals surface area contributed by atoms with Crippen LogP contribution < -0.4 is 9.63 Å². The minimum Gasteiger partial charge on any atom is -0.619 e. The molecule has 0 bridgehead atoms. The van der Waals surface area contributed by atoms with Gasteiger partial charge in [-0.05, 0) is 26.2 Å².